The highest BCUT2D eigenvalue weighted by atomic mass is 15.0. The van der Waals surface area contributed by atoms with Gasteiger partial charge in [0.1, 0.15) is 0 Å². The van der Waals surface area contributed by atoms with Crippen LogP contribution in [0, 0.1) is 11.8 Å². The van der Waals surface area contributed by atoms with Crippen LogP contribution in [0.1, 0.15) is 35.8 Å². The van der Waals surface area contributed by atoms with Crippen molar-refractivity contribution in [3.8, 4) is 33.6 Å². The van der Waals surface area contributed by atoms with Gasteiger partial charge < -0.3 is 9.13 Å². The fraction of sp³-hybridized carbons (Fsp3) is 0.103. The number of rotatable bonds is 4. The highest BCUT2D eigenvalue weighted by Crippen LogP contribution is 2.55. The number of aromatic nitrogens is 2. The zero-order valence-corrected chi connectivity index (χ0v) is 33.2. The standard InChI is InChI=1S/C58H42N2/c1-2-16-40(17-3-1)59-55-28-13-11-24-47(55)52-34-37(30-32-56(52)59)38-29-31-48-46-23-10-12-27-54(46)60(57(48)35-38)41-18-14-15-39(33-41)51-36-53-44-21-5-4-19-42(44)43-20-6-8-25-49(43)58(53)50-26-9-7-22-45(50)51/h1-4,6-20,22-36,42-44,49H,5,21H2. The van der Waals surface area contributed by atoms with Gasteiger partial charge in [0.2, 0.25) is 0 Å². The molecule has 8 aromatic carbocycles. The molecule has 0 spiro atoms. The second-order valence-electron chi connectivity index (χ2n) is 17.1. The molecule has 0 aliphatic heterocycles. The van der Waals surface area contributed by atoms with Gasteiger partial charge >= 0.3 is 0 Å². The maximum Gasteiger partial charge on any atom is 0.0547 e. The molecule has 2 heterocycles. The van der Waals surface area contributed by atoms with E-state index in [9.17, 15) is 0 Å². The van der Waals surface area contributed by atoms with Crippen molar-refractivity contribution in [3.63, 3.8) is 0 Å². The minimum absolute atomic E-state index is 0.397. The molecule has 0 radical (unpaired) electrons. The molecule has 0 saturated heterocycles. The van der Waals surface area contributed by atoms with E-state index in [0.29, 0.717) is 23.7 Å². The first-order valence-corrected chi connectivity index (χ1v) is 21.6. The van der Waals surface area contributed by atoms with E-state index in [-0.39, 0.29) is 0 Å². The molecular formula is C58H42N2. The number of allylic oxidation sites excluding steroid dienone is 6. The van der Waals surface area contributed by atoms with E-state index >= 15 is 0 Å². The lowest BCUT2D eigenvalue weighted by molar-refractivity contribution is 0.318. The molecule has 3 aliphatic carbocycles. The highest BCUT2D eigenvalue weighted by Gasteiger charge is 2.42. The van der Waals surface area contributed by atoms with Gasteiger partial charge in [-0.15, -0.1) is 0 Å². The van der Waals surface area contributed by atoms with Crippen LogP contribution in [0.25, 0.3) is 88.0 Å². The van der Waals surface area contributed by atoms with Crippen LogP contribution >= 0.6 is 0 Å². The Kier molecular flexibility index (Phi) is 7.42. The molecule has 13 rings (SSSR count). The van der Waals surface area contributed by atoms with Crippen LogP contribution in [0.2, 0.25) is 0 Å². The van der Waals surface area contributed by atoms with E-state index < -0.39 is 0 Å². The van der Waals surface area contributed by atoms with Crippen LogP contribution in [0.5, 0.6) is 0 Å². The summed E-state index contributed by atoms with van der Waals surface area (Å²) in [6.45, 7) is 0. The fourth-order valence-electron chi connectivity index (χ4n) is 11.5. The Labute approximate surface area is 349 Å². The number of para-hydroxylation sites is 3. The van der Waals surface area contributed by atoms with Crippen molar-refractivity contribution < 1.29 is 0 Å². The van der Waals surface area contributed by atoms with Crippen molar-refractivity contribution in [1.82, 2.24) is 9.13 Å². The van der Waals surface area contributed by atoms with Crippen molar-refractivity contribution in [1.29, 1.82) is 0 Å². The minimum Gasteiger partial charge on any atom is -0.309 e. The summed E-state index contributed by atoms with van der Waals surface area (Å²) in [5, 5.41) is 7.81. The molecular weight excluding hydrogens is 725 g/mol. The summed E-state index contributed by atoms with van der Waals surface area (Å²) >= 11 is 0. The normalized spacial score (nSPS) is 19.3. The summed E-state index contributed by atoms with van der Waals surface area (Å²) in [6.07, 6.45) is 16.8. The lowest BCUT2D eigenvalue weighted by Gasteiger charge is -2.44. The Balaban J connectivity index is 0.985. The van der Waals surface area contributed by atoms with Gasteiger partial charge in [0.05, 0.1) is 22.1 Å². The fourth-order valence-corrected chi connectivity index (χ4v) is 11.5. The summed E-state index contributed by atoms with van der Waals surface area (Å²) in [5.41, 5.74) is 15.3. The van der Waals surface area contributed by atoms with Crippen LogP contribution < -0.4 is 0 Å². The van der Waals surface area contributed by atoms with Gasteiger partial charge in [-0.3, -0.25) is 0 Å². The summed E-state index contributed by atoms with van der Waals surface area (Å²) < 4.78 is 4.88. The number of nitrogens with zero attached hydrogens (tertiary/aromatic N) is 2. The average Bonchev–Trinajstić information content (AvgIpc) is 3.84. The maximum absolute atomic E-state index is 2.59. The Morgan fingerprint density at radius 3 is 1.90 bits per heavy atom. The van der Waals surface area contributed by atoms with Crippen LogP contribution in [0.3, 0.4) is 0 Å². The monoisotopic (exact) mass is 766 g/mol. The van der Waals surface area contributed by atoms with Gasteiger partial charge in [0, 0.05) is 38.8 Å². The van der Waals surface area contributed by atoms with E-state index in [2.05, 4.69) is 215 Å². The second-order valence-corrected chi connectivity index (χ2v) is 17.1. The van der Waals surface area contributed by atoms with E-state index in [1.54, 1.807) is 11.1 Å². The van der Waals surface area contributed by atoms with Crippen molar-refractivity contribution in [3.05, 3.63) is 217 Å². The molecule has 0 amide bonds. The topological polar surface area (TPSA) is 9.86 Å². The zero-order valence-electron chi connectivity index (χ0n) is 33.2. The number of hydrogen-bond donors (Lipinski definition) is 0. The minimum atomic E-state index is 0.397. The van der Waals surface area contributed by atoms with Gasteiger partial charge in [0.15, 0.2) is 0 Å². The zero-order chi connectivity index (χ0) is 39.3. The van der Waals surface area contributed by atoms with Crippen molar-refractivity contribution in [2.45, 2.75) is 24.7 Å². The number of fused-ring (bicyclic) bond motifs is 14. The molecule has 2 heteroatoms. The molecule has 284 valence electrons. The lowest BCUT2D eigenvalue weighted by Crippen LogP contribution is -2.32. The summed E-state index contributed by atoms with van der Waals surface area (Å²) in [5.74, 6) is 1.97. The average molecular weight is 767 g/mol. The maximum atomic E-state index is 2.59. The molecule has 0 N–H and O–H groups in total. The number of hydrogen-bond acceptors (Lipinski definition) is 0. The Bertz CT molecular complexity index is 3460. The first-order valence-electron chi connectivity index (χ1n) is 21.6. The van der Waals surface area contributed by atoms with Crippen molar-refractivity contribution >= 4 is 54.4 Å². The van der Waals surface area contributed by atoms with Gasteiger partial charge in [-0.2, -0.15) is 0 Å². The second kappa shape index (κ2) is 13.2. The van der Waals surface area contributed by atoms with Crippen molar-refractivity contribution in [2.75, 3.05) is 0 Å². The summed E-state index contributed by atoms with van der Waals surface area (Å²) in [6, 6.07) is 63.5. The lowest BCUT2D eigenvalue weighted by atomic mass is 9.59. The third-order valence-electron chi connectivity index (χ3n) is 14.0. The van der Waals surface area contributed by atoms with Gasteiger partial charge in [0.25, 0.3) is 0 Å². The largest absolute Gasteiger partial charge is 0.309 e. The van der Waals surface area contributed by atoms with Gasteiger partial charge in [-0.25, -0.2) is 0 Å². The van der Waals surface area contributed by atoms with Crippen LogP contribution in [0.15, 0.2) is 206 Å². The molecule has 4 unspecified atom stereocenters. The SMILES string of the molecule is C1=CC2c3c(cc(-c4cccc(-n5c6ccccc6c6ccc(-c7ccc8c(c7)c7ccccc7n8-c7ccccc7)cc65)c4)c4ccccc34)C3CCC=CC3C2C=C1. The third kappa shape index (κ3) is 4.94. The van der Waals surface area contributed by atoms with Gasteiger partial charge in [-0.1, -0.05) is 146 Å². The summed E-state index contributed by atoms with van der Waals surface area (Å²) in [4.78, 5) is 0. The van der Waals surface area contributed by atoms with Gasteiger partial charge in [-0.05, 0) is 135 Å². The molecule has 60 heavy (non-hydrogen) atoms. The molecule has 10 aromatic rings. The molecule has 4 atom stereocenters. The molecule has 2 aromatic heterocycles. The molecule has 2 nitrogen and oxygen atoms in total. The molecule has 0 bridgehead atoms. The highest BCUT2D eigenvalue weighted by molar-refractivity contribution is 6.12. The van der Waals surface area contributed by atoms with E-state index in [0.717, 1.165) is 6.42 Å². The summed E-state index contributed by atoms with van der Waals surface area (Å²) in [7, 11) is 0. The van der Waals surface area contributed by atoms with Crippen LogP contribution in [-0.2, 0) is 0 Å². The predicted octanol–water partition coefficient (Wildman–Crippen LogP) is 15.3. The Hall–Kier alpha value is -7.16. The predicted molar refractivity (Wildman–Crippen MR) is 253 cm³/mol. The van der Waals surface area contributed by atoms with Crippen LogP contribution in [-0.4, -0.2) is 9.13 Å². The van der Waals surface area contributed by atoms with E-state index in [1.165, 1.54) is 94.4 Å². The van der Waals surface area contributed by atoms with Crippen LogP contribution in [0.4, 0.5) is 0 Å². The quantitative estimate of drug-likeness (QED) is 0.158. The third-order valence-corrected chi connectivity index (χ3v) is 14.0. The first-order chi connectivity index (χ1) is 29.8. The Morgan fingerprint density at radius 1 is 0.400 bits per heavy atom. The Morgan fingerprint density at radius 2 is 1.05 bits per heavy atom. The van der Waals surface area contributed by atoms with Crippen molar-refractivity contribution in [2.24, 2.45) is 11.8 Å². The molecule has 0 fully saturated rings. The number of benzene rings is 8. The van der Waals surface area contributed by atoms with E-state index in [1.807, 2.05) is 0 Å². The smallest absolute Gasteiger partial charge is 0.0547 e. The van der Waals surface area contributed by atoms with E-state index in [4.69, 9.17) is 0 Å². The molecule has 0 saturated carbocycles. The molecule has 3 aliphatic rings. The first kappa shape index (κ1) is 33.8.